The number of aromatic nitrogens is 2. The van der Waals surface area contributed by atoms with Crippen LogP contribution in [0, 0.1) is 18.3 Å². The van der Waals surface area contributed by atoms with Crippen LogP contribution in [0.25, 0.3) is 10.2 Å². The SMILES string of the molecule is Cc1nn(C)c2sc(C(=O)N(C)C(C)CC#N)c(N)c12. The van der Waals surface area contributed by atoms with Gasteiger partial charge in [-0.15, -0.1) is 11.3 Å². The van der Waals surface area contributed by atoms with Crippen molar-refractivity contribution in [3.05, 3.63) is 10.6 Å². The molecule has 1 atom stereocenters. The van der Waals surface area contributed by atoms with Crippen LogP contribution in [0.2, 0.25) is 0 Å². The van der Waals surface area contributed by atoms with Crippen molar-refractivity contribution in [3.8, 4) is 6.07 Å². The maximum absolute atomic E-state index is 12.5. The fourth-order valence-corrected chi connectivity index (χ4v) is 3.29. The molecule has 7 heteroatoms. The molecule has 2 aromatic rings. The number of nitrogens with zero attached hydrogens (tertiary/aromatic N) is 4. The molecule has 6 nitrogen and oxygen atoms in total. The molecule has 0 aromatic carbocycles. The van der Waals surface area contributed by atoms with E-state index in [2.05, 4.69) is 11.2 Å². The second kappa shape index (κ2) is 5.13. The first kappa shape index (κ1) is 14.3. The molecule has 2 N–H and O–H groups in total. The normalized spacial score (nSPS) is 12.3. The van der Waals surface area contributed by atoms with E-state index in [1.807, 2.05) is 20.9 Å². The van der Waals surface area contributed by atoms with Crippen LogP contribution in [0.5, 0.6) is 0 Å². The van der Waals surface area contributed by atoms with Gasteiger partial charge in [-0.05, 0) is 13.8 Å². The Morgan fingerprint density at radius 1 is 1.65 bits per heavy atom. The van der Waals surface area contributed by atoms with Gasteiger partial charge in [-0.1, -0.05) is 0 Å². The summed E-state index contributed by atoms with van der Waals surface area (Å²) >= 11 is 1.34. The highest BCUT2D eigenvalue weighted by molar-refractivity contribution is 7.21. The van der Waals surface area contributed by atoms with Gasteiger partial charge >= 0.3 is 0 Å². The van der Waals surface area contributed by atoms with Crippen molar-refractivity contribution >= 4 is 33.1 Å². The summed E-state index contributed by atoms with van der Waals surface area (Å²) in [5.41, 5.74) is 7.42. The van der Waals surface area contributed by atoms with Crippen molar-refractivity contribution < 1.29 is 4.79 Å². The lowest BCUT2D eigenvalue weighted by Crippen LogP contribution is -2.34. The molecule has 0 spiro atoms. The first-order valence-corrected chi connectivity index (χ1v) is 7.05. The number of carbonyl (C=O) groups is 1. The molecule has 0 aliphatic heterocycles. The number of nitriles is 1. The molecule has 0 aliphatic carbocycles. The molecular weight excluding hydrogens is 274 g/mol. The lowest BCUT2D eigenvalue weighted by molar-refractivity contribution is 0.0752. The number of nitrogens with two attached hydrogens (primary N) is 1. The number of anilines is 1. The van der Waals surface area contributed by atoms with Crippen molar-refractivity contribution in [1.29, 1.82) is 5.26 Å². The van der Waals surface area contributed by atoms with Gasteiger partial charge in [0.05, 0.1) is 29.3 Å². The van der Waals surface area contributed by atoms with Gasteiger partial charge in [-0.3, -0.25) is 9.48 Å². The summed E-state index contributed by atoms with van der Waals surface area (Å²) in [6.45, 7) is 3.72. The predicted molar refractivity (Wildman–Crippen MR) is 79.5 cm³/mol. The molecule has 1 amide bonds. The topological polar surface area (TPSA) is 87.9 Å². The molecule has 0 bridgehead atoms. The van der Waals surface area contributed by atoms with Crippen LogP contribution >= 0.6 is 11.3 Å². The van der Waals surface area contributed by atoms with E-state index in [9.17, 15) is 4.79 Å². The summed E-state index contributed by atoms with van der Waals surface area (Å²) in [6.07, 6.45) is 0.299. The average Bonchev–Trinajstić information content (AvgIpc) is 2.88. The van der Waals surface area contributed by atoms with Crippen molar-refractivity contribution in [2.75, 3.05) is 12.8 Å². The van der Waals surface area contributed by atoms with Gasteiger partial charge in [0.1, 0.15) is 9.71 Å². The molecular formula is C13H17N5OS. The Kier molecular flexibility index (Phi) is 3.68. The van der Waals surface area contributed by atoms with Crippen LogP contribution in [-0.4, -0.2) is 33.7 Å². The lowest BCUT2D eigenvalue weighted by atomic mass is 10.2. The van der Waals surface area contributed by atoms with Crippen LogP contribution in [0.3, 0.4) is 0 Å². The summed E-state index contributed by atoms with van der Waals surface area (Å²) in [5, 5.41) is 13.9. The number of amides is 1. The third-order valence-corrected chi connectivity index (χ3v) is 4.71. The van der Waals surface area contributed by atoms with Crippen LogP contribution < -0.4 is 5.73 Å². The molecule has 0 saturated heterocycles. The predicted octanol–water partition coefficient (Wildman–Crippen LogP) is 1.90. The Balaban J connectivity index is 2.43. The summed E-state index contributed by atoms with van der Waals surface area (Å²) in [6, 6.07) is 1.93. The van der Waals surface area contributed by atoms with Crippen molar-refractivity contribution in [1.82, 2.24) is 14.7 Å². The lowest BCUT2D eigenvalue weighted by Gasteiger charge is -2.22. The number of hydrogen-bond donors (Lipinski definition) is 1. The van der Waals surface area contributed by atoms with E-state index >= 15 is 0 Å². The van der Waals surface area contributed by atoms with Gasteiger partial charge in [0, 0.05) is 20.1 Å². The summed E-state index contributed by atoms with van der Waals surface area (Å²) in [7, 11) is 3.53. The Hall–Kier alpha value is -2.07. The minimum absolute atomic E-state index is 0.142. The minimum atomic E-state index is -0.147. The number of hydrogen-bond acceptors (Lipinski definition) is 5. The van der Waals surface area contributed by atoms with Crippen molar-refractivity contribution in [2.24, 2.45) is 7.05 Å². The highest BCUT2D eigenvalue weighted by Crippen LogP contribution is 2.36. The molecule has 2 rings (SSSR count). The minimum Gasteiger partial charge on any atom is -0.397 e. The van der Waals surface area contributed by atoms with Gasteiger partial charge in [0.15, 0.2) is 0 Å². The molecule has 0 aliphatic rings. The molecule has 0 fully saturated rings. The van der Waals surface area contributed by atoms with Gasteiger partial charge < -0.3 is 10.6 Å². The maximum atomic E-state index is 12.5. The molecule has 2 heterocycles. The summed E-state index contributed by atoms with van der Waals surface area (Å²) in [4.78, 5) is 15.5. The smallest absolute Gasteiger partial charge is 0.266 e. The Morgan fingerprint density at radius 2 is 2.30 bits per heavy atom. The Morgan fingerprint density at radius 3 is 2.85 bits per heavy atom. The number of thiophene rings is 1. The maximum Gasteiger partial charge on any atom is 0.266 e. The number of nitrogen functional groups attached to an aromatic ring is 1. The summed E-state index contributed by atoms with van der Waals surface area (Å²) in [5.74, 6) is -0.147. The quantitative estimate of drug-likeness (QED) is 0.935. The second-order valence-corrected chi connectivity index (χ2v) is 5.86. The zero-order valence-corrected chi connectivity index (χ0v) is 12.8. The molecule has 20 heavy (non-hydrogen) atoms. The van der Waals surface area contributed by atoms with Crippen LogP contribution in [0.1, 0.15) is 28.7 Å². The fraction of sp³-hybridized carbons (Fsp3) is 0.462. The molecule has 106 valence electrons. The molecule has 0 saturated carbocycles. The zero-order valence-electron chi connectivity index (χ0n) is 12.0. The monoisotopic (exact) mass is 291 g/mol. The van der Waals surface area contributed by atoms with Gasteiger partial charge in [-0.2, -0.15) is 10.4 Å². The number of rotatable bonds is 3. The fourth-order valence-electron chi connectivity index (χ4n) is 2.12. The van der Waals surface area contributed by atoms with Gasteiger partial charge in [0.25, 0.3) is 5.91 Å². The van der Waals surface area contributed by atoms with Crippen LogP contribution in [0.15, 0.2) is 0 Å². The Bertz CT molecular complexity index is 708. The standard InChI is InChI=1S/C13H17N5OS/c1-7(5-6-14)17(3)12(19)11-10(15)9-8(2)16-18(4)13(9)20-11/h7H,5,15H2,1-4H3. The third kappa shape index (κ3) is 2.12. The van der Waals surface area contributed by atoms with E-state index in [1.165, 1.54) is 11.3 Å². The Labute approximate surface area is 121 Å². The average molecular weight is 291 g/mol. The number of aryl methyl sites for hydroxylation is 2. The van der Waals surface area contributed by atoms with Crippen LogP contribution in [-0.2, 0) is 7.05 Å². The highest BCUT2D eigenvalue weighted by atomic mass is 32.1. The van der Waals surface area contributed by atoms with Gasteiger partial charge in [0.2, 0.25) is 0 Å². The van der Waals surface area contributed by atoms with Crippen molar-refractivity contribution in [2.45, 2.75) is 26.3 Å². The third-order valence-electron chi connectivity index (χ3n) is 3.44. The van der Waals surface area contributed by atoms with E-state index in [4.69, 9.17) is 11.0 Å². The zero-order chi connectivity index (χ0) is 15.0. The van der Waals surface area contributed by atoms with E-state index in [0.29, 0.717) is 17.0 Å². The van der Waals surface area contributed by atoms with Gasteiger partial charge in [-0.25, -0.2) is 0 Å². The largest absolute Gasteiger partial charge is 0.397 e. The first-order chi connectivity index (χ1) is 9.38. The number of carbonyl (C=O) groups excluding carboxylic acids is 1. The van der Waals surface area contributed by atoms with E-state index in [0.717, 1.165) is 15.9 Å². The van der Waals surface area contributed by atoms with E-state index in [1.54, 1.807) is 16.6 Å². The summed E-state index contributed by atoms with van der Waals surface area (Å²) < 4.78 is 1.74. The first-order valence-electron chi connectivity index (χ1n) is 6.24. The molecule has 0 radical (unpaired) electrons. The van der Waals surface area contributed by atoms with Crippen LogP contribution in [0.4, 0.5) is 5.69 Å². The highest BCUT2D eigenvalue weighted by Gasteiger charge is 2.25. The number of fused-ring (bicyclic) bond motifs is 1. The molecule has 2 aromatic heterocycles. The van der Waals surface area contributed by atoms with E-state index < -0.39 is 0 Å². The van der Waals surface area contributed by atoms with Crippen molar-refractivity contribution in [3.63, 3.8) is 0 Å². The second-order valence-electron chi connectivity index (χ2n) is 4.86. The molecule has 1 unspecified atom stereocenters. The van der Waals surface area contributed by atoms with E-state index in [-0.39, 0.29) is 11.9 Å².